The van der Waals surface area contributed by atoms with Gasteiger partial charge in [-0.1, -0.05) is 12.1 Å². The van der Waals surface area contributed by atoms with Gasteiger partial charge < -0.3 is 19.5 Å². The van der Waals surface area contributed by atoms with Crippen molar-refractivity contribution in [2.45, 2.75) is 26.9 Å². The van der Waals surface area contributed by atoms with Crippen LogP contribution in [0.1, 0.15) is 32.9 Å². The number of hydrogen-bond donors (Lipinski definition) is 1. The van der Waals surface area contributed by atoms with Crippen LogP contribution in [-0.2, 0) is 17.8 Å². The Morgan fingerprint density at radius 3 is 2.66 bits per heavy atom. The van der Waals surface area contributed by atoms with E-state index in [2.05, 4.69) is 15.2 Å². The first-order valence-electron chi connectivity index (χ1n) is 10.6. The molecule has 1 saturated heterocycles. The molecule has 168 valence electrons. The number of hydrogen-bond acceptors (Lipinski definition) is 4. The van der Waals surface area contributed by atoms with E-state index in [0.717, 1.165) is 28.6 Å². The van der Waals surface area contributed by atoms with Gasteiger partial charge in [0.05, 0.1) is 25.4 Å². The third kappa shape index (κ3) is 4.50. The first-order chi connectivity index (χ1) is 15.5. The summed E-state index contributed by atoms with van der Waals surface area (Å²) in [6, 6.07) is 7.22. The molecule has 0 aliphatic carbocycles. The Morgan fingerprint density at radius 2 is 1.97 bits per heavy atom. The number of carbonyl (C=O) groups is 1. The van der Waals surface area contributed by atoms with Gasteiger partial charge in [-0.3, -0.25) is 9.78 Å². The van der Waals surface area contributed by atoms with E-state index in [-0.39, 0.29) is 12.5 Å². The molecule has 1 amide bonds. The summed E-state index contributed by atoms with van der Waals surface area (Å²) in [5.74, 6) is -1.52. The Bertz CT molecular complexity index is 1110. The van der Waals surface area contributed by atoms with Crippen LogP contribution in [0.4, 0.5) is 14.5 Å². The molecule has 1 fully saturated rings. The zero-order valence-corrected chi connectivity index (χ0v) is 18.2. The number of aromatic nitrogens is 2. The van der Waals surface area contributed by atoms with E-state index in [4.69, 9.17) is 4.74 Å². The molecule has 8 heteroatoms. The SMILES string of the molecule is Cc1c(N2CCOCC2)c(C)n(Cc2ccc(F)cc2F)c1C(=O)NCc1cccnc1. The highest BCUT2D eigenvalue weighted by Crippen LogP contribution is 2.32. The van der Waals surface area contributed by atoms with E-state index in [1.807, 2.05) is 30.5 Å². The van der Waals surface area contributed by atoms with Gasteiger partial charge in [-0.25, -0.2) is 8.78 Å². The van der Waals surface area contributed by atoms with Gasteiger partial charge in [-0.2, -0.15) is 0 Å². The van der Waals surface area contributed by atoms with Crippen LogP contribution in [0.2, 0.25) is 0 Å². The lowest BCUT2D eigenvalue weighted by molar-refractivity contribution is 0.0941. The Morgan fingerprint density at radius 1 is 1.19 bits per heavy atom. The van der Waals surface area contributed by atoms with Crippen molar-refractivity contribution in [3.8, 4) is 0 Å². The second-order valence-corrected chi connectivity index (χ2v) is 7.87. The smallest absolute Gasteiger partial charge is 0.268 e. The predicted molar refractivity (Wildman–Crippen MR) is 118 cm³/mol. The molecule has 1 aromatic carbocycles. The van der Waals surface area contributed by atoms with E-state index in [9.17, 15) is 13.6 Å². The van der Waals surface area contributed by atoms with Gasteiger partial charge in [0.25, 0.3) is 5.91 Å². The van der Waals surface area contributed by atoms with E-state index in [1.54, 1.807) is 12.4 Å². The summed E-state index contributed by atoms with van der Waals surface area (Å²) in [6.07, 6.45) is 3.38. The number of amides is 1. The first kappa shape index (κ1) is 22.0. The summed E-state index contributed by atoms with van der Waals surface area (Å²) in [5, 5.41) is 2.95. The lowest BCUT2D eigenvalue weighted by Crippen LogP contribution is -2.36. The summed E-state index contributed by atoms with van der Waals surface area (Å²) in [7, 11) is 0. The summed E-state index contributed by atoms with van der Waals surface area (Å²) < 4.78 is 35.1. The molecule has 4 rings (SSSR count). The number of morpholine rings is 1. The van der Waals surface area contributed by atoms with Crippen LogP contribution in [0.3, 0.4) is 0 Å². The number of nitrogens with one attached hydrogen (secondary N) is 1. The van der Waals surface area contributed by atoms with Crippen molar-refractivity contribution in [1.29, 1.82) is 0 Å². The molecular weight excluding hydrogens is 414 g/mol. The highest BCUT2D eigenvalue weighted by molar-refractivity contribution is 5.96. The van der Waals surface area contributed by atoms with Crippen LogP contribution in [-0.4, -0.2) is 41.8 Å². The van der Waals surface area contributed by atoms with Gasteiger partial charge in [-0.05, 0) is 31.5 Å². The fourth-order valence-electron chi connectivity index (χ4n) is 4.21. The topological polar surface area (TPSA) is 59.4 Å². The monoisotopic (exact) mass is 440 g/mol. The molecule has 32 heavy (non-hydrogen) atoms. The molecule has 3 aromatic rings. The predicted octanol–water partition coefficient (Wildman–Crippen LogP) is 3.59. The highest BCUT2D eigenvalue weighted by atomic mass is 19.1. The van der Waals surface area contributed by atoms with Crippen LogP contribution in [0.25, 0.3) is 0 Å². The summed E-state index contributed by atoms with van der Waals surface area (Å²) in [6.45, 7) is 6.94. The fraction of sp³-hybridized carbons (Fsp3) is 0.333. The largest absolute Gasteiger partial charge is 0.378 e. The van der Waals surface area contributed by atoms with Gasteiger partial charge >= 0.3 is 0 Å². The van der Waals surface area contributed by atoms with Crippen LogP contribution < -0.4 is 10.2 Å². The number of ether oxygens (including phenoxy) is 1. The van der Waals surface area contributed by atoms with Crippen LogP contribution in [0.15, 0.2) is 42.7 Å². The minimum atomic E-state index is -0.634. The number of anilines is 1. The molecule has 2 aromatic heterocycles. The quantitative estimate of drug-likeness (QED) is 0.637. The second kappa shape index (κ2) is 9.48. The maximum Gasteiger partial charge on any atom is 0.268 e. The summed E-state index contributed by atoms with van der Waals surface area (Å²) in [4.78, 5) is 19.6. The van der Waals surface area contributed by atoms with Gasteiger partial charge in [0, 0.05) is 54.9 Å². The molecule has 0 bridgehead atoms. The Hall–Kier alpha value is -3.26. The van der Waals surface area contributed by atoms with E-state index in [1.165, 1.54) is 12.1 Å². The van der Waals surface area contributed by atoms with Crippen molar-refractivity contribution in [3.05, 3.63) is 82.4 Å². The number of carbonyl (C=O) groups excluding carboxylic acids is 1. The second-order valence-electron chi connectivity index (χ2n) is 7.87. The number of benzene rings is 1. The van der Waals surface area contributed by atoms with Gasteiger partial charge in [-0.15, -0.1) is 0 Å². The average Bonchev–Trinajstić information content (AvgIpc) is 3.04. The molecule has 0 atom stereocenters. The van der Waals surface area contributed by atoms with E-state index in [0.29, 0.717) is 44.1 Å². The molecule has 0 radical (unpaired) electrons. The standard InChI is InChI=1S/C24H26F2N4O2/c1-16-22(29-8-10-32-11-9-29)17(2)30(15-19-5-6-20(25)12-21(19)26)23(16)24(31)28-14-18-4-3-7-27-13-18/h3-7,12-13H,8-11,14-15H2,1-2H3,(H,28,31). The third-order valence-electron chi connectivity index (χ3n) is 5.79. The van der Waals surface area contributed by atoms with Crippen molar-refractivity contribution in [3.63, 3.8) is 0 Å². The van der Waals surface area contributed by atoms with Crippen molar-refractivity contribution >= 4 is 11.6 Å². The fourth-order valence-corrected chi connectivity index (χ4v) is 4.21. The zero-order chi connectivity index (χ0) is 22.7. The summed E-state index contributed by atoms with van der Waals surface area (Å²) in [5.41, 5.74) is 4.32. The number of nitrogens with zero attached hydrogens (tertiary/aromatic N) is 3. The van der Waals surface area contributed by atoms with Crippen LogP contribution in [0.5, 0.6) is 0 Å². The Balaban J connectivity index is 1.71. The third-order valence-corrected chi connectivity index (χ3v) is 5.79. The molecule has 0 spiro atoms. The lowest BCUT2D eigenvalue weighted by atomic mass is 10.1. The normalized spacial score (nSPS) is 13.9. The van der Waals surface area contributed by atoms with Crippen molar-refractivity contribution in [2.24, 2.45) is 0 Å². The minimum absolute atomic E-state index is 0.124. The molecule has 1 aliphatic rings. The molecule has 0 saturated carbocycles. The maximum atomic E-state index is 14.4. The van der Waals surface area contributed by atoms with Crippen LogP contribution in [0, 0.1) is 25.5 Å². The molecule has 6 nitrogen and oxygen atoms in total. The zero-order valence-electron chi connectivity index (χ0n) is 18.2. The molecule has 3 heterocycles. The number of rotatable bonds is 6. The molecule has 1 aliphatic heterocycles. The van der Waals surface area contributed by atoms with Gasteiger partial charge in [0.1, 0.15) is 17.3 Å². The average molecular weight is 440 g/mol. The van der Waals surface area contributed by atoms with E-state index >= 15 is 0 Å². The van der Waals surface area contributed by atoms with Crippen molar-refractivity contribution in [1.82, 2.24) is 14.9 Å². The molecular formula is C24H26F2N4O2. The van der Waals surface area contributed by atoms with Gasteiger partial charge in [0.2, 0.25) is 0 Å². The first-order valence-corrected chi connectivity index (χ1v) is 10.6. The van der Waals surface area contributed by atoms with E-state index < -0.39 is 11.6 Å². The maximum absolute atomic E-state index is 14.4. The highest BCUT2D eigenvalue weighted by Gasteiger charge is 2.27. The van der Waals surface area contributed by atoms with Crippen LogP contribution >= 0.6 is 0 Å². The number of pyridine rings is 1. The van der Waals surface area contributed by atoms with Gasteiger partial charge in [0.15, 0.2) is 0 Å². The molecule has 1 N–H and O–H groups in total. The number of halogens is 2. The lowest BCUT2D eigenvalue weighted by Gasteiger charge is -2.29. The van der Waals surface area contributed by atoms with Crippen molar-refractivity contribution < 1.29 is 18.3 Å². The summed E-state index contributed by atoms with van der Waals surface area (Å²) >= 11 is 0. The minimum Gasteiger partial charge on any atom is -0.378 e. The Kier molecular flexibility index (Phi) is 6.50. The molecule has 0 unspecified atom stereocenters. The van der Waals surface area contributed by atoms with Crippen molar-refractivity contribution in [2.75, 3.05) is 31.2 Å². The Labute approximate surface area is 185 Å².